The van der Waals surface area contributed by atoms with Crippen molar-refractivity contribution in [3.05, 3.63) is 36.0 Å². The second kappa shape index (κ2) is 2.64. The Morgan fingerprint density at radius 3 is 2.67 bits per heavy atom. The van der Waals surface area contributed by atoms with E-state index in [0.29, 0.717) is 12.0 Å². The molecule has 1 fully saturated rings. The maximum absolute atomic E-state index is 6.09. The molecule has 1 aromatic heterocycles. The van der Waals surface area contributed by atoms with Crippen LogP contribution >= 0.6 is 0 Å². The number of nitrogens with two attached hydrogens (primary N) is 1. The number of benzene rings is 1. The third-order valence-corrected chi connectivity index (χ3v) is 3.85. The van der Waals surface area contributed by atoms with Crippen molar-refractivity contribution in [3.8, 4) is 0 Å². The van der Waals surface area contributed by atoms with E-state index in [9.17, 15) is 0 Å². The van der Waals surface area contributed by atoms with Crippen LogP contribution in [0, 0.1) is 5.41 Å². The Morgan fingerprint density at radius 1 is 1.27 bits per heavy atom. The minimum Gasteiger partial charge on any atom is -0.361 e. The Labute approximate surface area is 89.5 Å². The topological polar surface area (TPSA) is 41.8 Å². The summed E-state index contributed by atoms with van der Waals surface area (Å²) in [6.45, 7) is 4.47. The van der Waals surface area contributed by atoms with Crippen molar-refractivity contribution in [1.29, 1.82) is 0 Å². The number of nitrogens with one attached hydrogen (secondary N) is 1. The molecule has 1 heterocycles. The molecule has 1 aliphatic rings. The monoisotopic (exact) mass is 200 g/mol. The Balaban J connectivity index is 2.06. The van der Waals surface area contributed by atoms with Crippen LogP contribution in [0.25, 0.3) is 10.9 Å². The van der Waals surface area contributed by atoms with E-state index < -0.39 is 0 Å². The fourth-order valence-corrected chi connectivity index (χ4v) is 2.57. The summed E-state index contributed by atoms with van der Waals surface area (Å²) in [6.07, 6.45) is 1.98. The lowest BCUT2D eigenvalue weighted by Crippen LogP contribution is -2.06. The summed E-state index contributed by atoms with van der Waals surface area (Å²) in [4.78, 5) is 3.24. The van der Waals surface area contributed by atoms with Gasteiger partial charge in [0.25, 0.3) is 0 Å². The zero-order valence-corrected chi connectivity index (χ0v) is 9.12. The normalized spacial score (nSPS) is 28.2. The first-order chi connectivity index (χ1) is 7.10. The molecule has 1 saturated carbocycles. The molecular weight excluding hydrogens is 184 g/mol. The van der Waals surface area contributed by atoms with E-state index in [2.05, 4.69) is 43.1 Å². The maximum Gasteiger partial charge on any atom is 0.0456 e. The van der Waals surface area contributed by atoms with Gasteiger partial charge in [-0.2, -0.15) is 0 Å². The van der Waals surface area contributed by atoms with Crippen LogP contribution in [0.1, 0.15) is 25.3 Å². The summed E-state index contributed by atoms with van der Waals surface area (Å²) in [7, 11) is 0. The van der Waals surface area contributed by atoms with Crippen LogP contribution in [0.15, 0.2) is 30.5 Å². The van der Waals surface area contributed by atoms with Crippen molar-refractivity contribution >= 4 is 10.9 Å². The molecule has 2 aromatic rings. The summed E-state index contributed by atoms with van der Waals surface area (Å²) in [5.41, 5.74) is 8.92. The molecule has 0 saturated heterocycles. The summed E-state index contributed by atoms with van der Waals surface area (Å²) in [5.74, 6) is 0.519. The van der Waals surface area contributed by atoms with Gasteiger partial charge in [-0.3, -0.25) is 0 Å². The van der Waals surface area contributed by atoms with Gasteiger partial charge < -0.3 is 10.7 Å². The highest BCUT2D eigenvalue weighted by Gasteiger charge is 2.56. The molecule has 1 aromatic carbocycles. The molecule has 0 aliphatic heterocycles. The van der Waals surface area contributed by atoms with E-state index in [1.165, 1.54) is 16.5 Å². The molecule has 0 radical (unpaired) electrons. The fraction of sp³-hybridized carbons (Fsp3) is 0.385. The van der Waals surface area contributed by atoms with Gasteiger partial charge in [0.15, 0.2) is 0 Å². The van der Waals surface area contributed by atoms with Crippen molar-refractivity contribution in [1.82, 2.24) is 4.98 Å². The van der Waals surface area contributed by atoms with Crippen molar-refractivity contribution in [3.63, 3.8) is 0 Å². The number of rotatable bonds is 1. The Hall–Kier alpha value is -1.28. The molecule has 2 atom stereocenters. The predicted octanol–water partition coefficient (Wildman–Crippen LogP) is 2.62. The minimum absolute atomic E-state index is 0.264. The molecule has 0 spiro atoms. The van der Waals surface area contributed by atoms with Gasteiger partial charge in [-0.25, -0.2) is 0 Å². The number of aromatic amines is 1. The number of H-pyrrole nitrogens is 1. The highest BCUT2D eigenvalue weighted by Crippen LogP contribution is 2.57. The largest absolute Gasteiger partial charge is 0.361 e. The zero-order chi connectivity index (χ0) is 10.6. The molecule has 15 heavy (non-hydrogen) atoms. The molecule has 3 N–H and O–H groups in total. The van der Waals surface area contributed by atoms with Crippen LogP contribution in [0.2, 0.25) is 0 Å². The molecule has 3 rings (SSSR count). The fourth-order valence-electron chi connectivity index (χ4n) is 2.57. The smallest absolute Gasteiger partial charge is 0.0456 e. The highest BCUT2D eigenvalue weighted by atomic mass is 14.8. The first-order valence-electron chi connectivity index (χ1n) is 5.43. The quantitative estimate of drug-likeness (QED) is 0.730. The lowest BCUT2D eigenvalue weighted by atomic mass is 10.0. The van der Waals surface area contributed by atoms with Gasteiger partial charge in [0, 0.05) is 23.7 Å². The summed E-state index contributed by atoms with van der Waals surface area (Å²) in [5, 5.41) is 1.27. The van der Waals surface area contributed by atoms with Crippen LogP contribution < -0.4 is 5.73 Å². The predicted molar refractivity (Wildman–Crippen MR) is 62.8 cm³/mol. The Kier molecular flexibility index (Phi) is 1.58. The lowest BCUT2D eigenvalue weighted by molar-refractivity contribution is 0.599. The minimum atomic E-state index is 0.264. The number of aromatic nitrogens is 1. The van der Waals surface area contributed by atoms with E-state index in [4.69, 9.17) is 5.73 Å². The van der Waals surface area contributed by atoms with Gasteiger partial charge in [-0.15, -0.1) is 0 Å². The summed E-state index contributed by atoms with van der Waals surface area (Å²) in [6, 6.07) is 9.01. The van der Waals surface area contributed by atoms with E-state index in [1.54, 1.807) is 0 Å². The van der Waals surface area contributed by atoms with Crippen LogP contribution in [-0.4, -0.2) is 11.0 Å². The van der Waals surface area contributed by atoms with Crippen molar-refractivity contribution < 1.29 is 0 Å². The van der Waals surface area contributed by atoms with E-state index >= 15 is 0 Å². The Bertz CT molecular complexity index is 510. The Morgan fingerprint density at radius 2 is 2.00 bits per heavy atom. The zero-order valence-electron chi connectivity index (χ0n) is 9.12. The third kappa shape index (κ3) is 1.15. The van der Waals surface area contributed by atoms with E-state index in [-0.39, 0.29) is 5.41 Å². The van der Waals surface area contributed by atoms with Crippen molar-refractivity contribution in [2.75, 3.05) is 0 Å². The van der Waals surface area contributed by atoms with Gasteiger partial charge in [-0.05, 0) is 28.5 Å². The summed E-state index contributed by atoms with van der Waals surface area (Å²) >= 11 is 0. The molecule has 2 nitrogen and oxygen atoms in total. The van der Waals surface area contributed by atoms with Gasteiger partial charge in [0.2, 0.25) is 0 Å². The molecular formula is C13H16N2. The molecule has 1 aliphatic carbocycles. The highest BCUT2D eigenvalue weighted by molar-refractivity contribution is 5.80. The lowest BCUT2D eigenvalue weighted by Gasteiger charge is -2.02. The molecule has 78 valence electrons. The molecule has 0 amide bonds. The average Bonchev–Trinajstić information content (AvgIpc) is 2.62. The first-order valence-corrected chi connectivity index (χ1v) is 5.43. The number of hydrogen-bond acceptors (Lipinski definition) is 1. The molecule has 2 unspecified atom stereocenters. The van der Waals surface area contributed by atoms with Gasteiger partial charge in [0.05, 0.1) is 0 Å². The van der Waals surface area contributed by atoms with E-state index in [1.807, 2.05) is 6.20 Å². The van der Waals surface area contributed by atoms with Gasteiger partial charge >= 0.3 is 0 Å². The van der Waals surface area contributed by atoms with E-state index in [0.717, 1.165) is 0 Å². The average molecular weight is 200 g/mol. The van der Waals surface area contributed by atoms with Crippen molar-refractivity contribution in [2.24, 2.45) is 11.1 Å². The van der Waals surface area contributed by atoms with Crippen LogP contribution in [-0.2, 0) is 0 Å². The van der Waals surface area contributed by atoms with Crippen LogP contribution in [0.4, 0.5) is 0 Å². The number of hydrogen-bond donors (Lipinski definition) is 2. The summed E-state index contributed by atoms with van der Waals surface area (Å²) < 4.78 is 0. The second-order valence-corrected chi connectivity index (χ2v) is 5.15. The van der Waals surface area contributed by atoms with Gasteiger partial charge in [-0.1, -0.05) is 26.0 Å². The standard InChI is InChI=1S/C13H16N2/c1-13(2)11(12(13)14)9-4-3-8-5-6-15-10(8)7-9/h3-7,11-12,15H,14H2,1-2H3. The molecule has 0 bridgehead atoms. The van der Waals surface area contributed by atoms with Crippen molar-refractivity contribution in [2.45, 2.75) is 25.8 Å². The maximum atomic E-state index is 6.09. The van der Waals surface area contributed by atoms with Crippen LogP contribution in [0.5, 0.6) is 0 Å². The second-order valence-electron chi connectivity index (χ2n) is 5.15. The number of fused-ring (bicyclic) bond motifs is 1. The first kappa shape index (κ1) is 8.98. The SMILES string of the molecule is CC1(C)C(N)C1c1ccc2cc[nH]c2c1. The van der Waals surface area contributed by atoms with Gasteiger partial charge in [0.1, 0.15) is 0 Å². The van der Waals surface area contributed by atoms with Crippen LogP contribution in [0.3, 0.4) is 0 Å². The molecule has 2 heteroatoms. The third-order valence-electron chi connectivity index (χ3n) is 3.85.